The zero-order valence-corrected chi connectivity index (χ0v) is 51.4. The van der Waals surface area contributed by atoms with Crippen molar-refractivity contribution in [1.82, 2.24) is 14.7 Å². The molecule has 0 aliphatic carbocycles. The third kappa shape index (κ3) is 10.6. The largest absolute Gasteiger partial charge is 0.508 e. The maximum Gasteiger partial charge on any atom is 0.308 e. The Morgan fingerprint density at radius 1 is 0.433 bits per heavy atom. The zero-order chi connectivity index (χ0) is 63.0. The van der Waals surface area contributed by atoms with Crippen molar-refractivity contribution in [2.75, 3.05) is 41.0 Å². The summed E-state index contributed by atoms with van der Waals surface area (Å²) in [5.74, 6) is 1.89. The summed E-state index contributed by atoms with van der Waals surface area (Å²) >= 11 is 0. The number of benzene rings is 9. The smallest absolute Gasteiger partial charge is 0.308 e. The fraction of sp³-hybridized carbons (Fsp3) is 0.375. The van der Waals surface area contributed by atoms with Crippen molar-refractivity contribution in [3.8, 4) is 34.5 Å². The highest BCUT2D eigenvalue weighted by atomic mass is 16.5. The number of fused-ring (bicyclic) bond motifs is 21. The quantitative estimate of drug-likeness (QED) is 0.0447. The number of hydrogen-bond acceptors (Lipinski definition) is 18. The van der Waals surface area contributed by atoms with Crippen molar-refractivity contribution in [2.45, 2.75) is 135 Å². The Balaban J connectivity index is 0.000000124. The maximum absolute atomic E-state index is 12.1. The summed E-state index contributed by atoms with van der Waals surface area (Å²) in [6.45, 7) is 9.04. The van der Waals surface area contributed by atoms with Gasteiger partial charge in [0.05, 0.1) is 59.4 Å². The van der Waals surface area contributed by atoms with Gasteiger partial charge < -0.3 is 59.1 Å². The minimum Gasteiger partial charge on any atom is -0.508 e. The van der Waals surface area contributed by atoms with Gasteiger partial charge in [-0.1, -0.05) is 18.2 Å². The van der Waals surface area contributed by atoms with Gasteiger partial charge in [0.1, 0.15) is 40.6 Å². The Labute approximate surface area is 520 Å². The Morgan fingerprint density at radius 3 is 1.18 bits per heavy atom. The first-order chi connectivity index (χ1) is 43.5. The number of aliphatic hydroxyl groups is 5. The van der Waals surface area contributed by atoms with E-state index >= 15 is 0 Å². The van der Waals surface area contributed by atoms with Crippen LogP contribution in [-0.2, 0) is 58.6 Å². The molecule has 6 aliphatic rings. The van der Waals surface area contributed by atoms with Gasteiger partial charge in [0.25, 0.3) is 0 Å². The molecule has 0 aromatic heterocycles. The number of hydrogen-bond donors (Lipinski definition) is 6. The van der Waals surface area contributed by atoms with Crippen molar-refractivity contribution < 1.29 is 73.4 Å². The Kier molecular flexibility index (Phi) is 16.6. The van der Waals surface area contributed by atoms with E-state index in [0.29, 0.717) is 45.4 Å². The first-order valence-electron chi connectivity index (χ1n) is 31.0. The molecular formula is C72H75N3O15. The Hall–Kier alpha value is -8.17. The molecule has 6 atom stereocenters. The van der Waals surface area contributed by atoms with Crippen LogP contribution in [0.4, 0.5) is 0 Å². The summed E-state index contributed by atoms with van der Waals surface area (Å²) in [6, 6.07) is 28.6. The van der Waals surface area contributed by atoms with Crippen molar-refractivity contribution in [3.63, 3.8) is 0 Å². The average Bonchev–Trinajstić information content (AvgIpc) is 1.07. The van der Waals surface area contributed by atoms with Crippen LogP contribution in [0.2, 0.25) is 0 Å². The van der Waals surface area contributed by atoms with Crippen LogP contribution in [-0.4, -0.2) is 122 Å². The third-order valence-corrected chi connectivity index (χ3v) is 19.5. The van der Waals surface area contributed by atoms with Crippen molar-refractivity contribution in [3.05, 3.63) is 141 Å². The molecule has 0 bridgehead atoms. The van der Waals surface area contributed by atoms with Crippen LogP contribution < -0.4 is 23.7 Å². The first-order valence-corrected chi connectivity index (χ1v) is 31.0. The second kappa shape index (κ2) is 24.6. The van der Waals surface area contributed by atoms with Gasteiger partial charge in [-0.25, -0.2) is 0 Å². The minimum atomic E-state index is -0.578. The van der Waals surface area contributed by atoms with Crippen molar-refractivity contribution in [2.24, 2.45) is 0 Å². The summed E-state index contributed by atoms with van der Waals surface area (Å²) in [4.78, 5) is 42.3. The van der Waals surface area contributed by atoms with Gasteiger partial charge in [0.15, 0.2) is 0 Å². The molecule has 0 unspecified atom stereocenters. The normalized spacial score (nSPS) is 20.9. The monoisotopic (exact) mass is 1220 g/mol. The maximum atomic E-state index is 12.1. The average molecular weight is 1220 g/mol. The molecule has 6 aliphatic heterocycles. The highest BCUT2D eigenvalue weighted by molar-refractivity contribution is 6.15. The van der Waals surface area contributed by atoms with Gasteiger partial charge in [-0.15, -0.1) is 0 Å². The fourth-order valence-electron chi connectivity index (χ4n) is 15.8. The zero-order valence-electron chi connectivity index (χ0n) is 51.4. The van der Waals surface area contributed by atoms with E-state index in [0.717, 1.165) is 176 Å². The Bertz CT molecular complexity index is 4390. The summed E-state index contributed by atoms with van der Waals surface area (Å²) in [6.07, 6.45) is 4.69. The van der Waals surface area contributed by atoms with E-state index in [-0.39, 0.29) is 61.7 Å². The number of carbonyl (C=O) groups excluding carboxylic acids is 3. The van der Waals surface area contributed by atoms with E-state index in [4.69, 9.17) is 28.4 Å². The number of esters is 3. The van der Waals surface area contributed by atoms with E-state index in [1.165, 1.54) is 20.8 Å². The molecule has 18 nitrogen and oxygen atoms in total. The molecule has 9 aromatic carbocycles. The predicted molar refractivity (Wildman–Crippen MR) is 341 cm³/mol. The van der Waals surface area contributed by atoms with Gasteiger partial charge in [0, 0.05) is 74.7 Å². The van der Waals surface area contributed by atoms with Crippen LogP contribution in [0.1, 0.15) is 128 Å². The number of methoxy groups -OCH3 is 3. The number of rotatable bonds is 9. The molecule has 15 rings (SSSR count). The molecule has 3 saturated heterocycles. The molecule has 9 aromatic rings. The van der Waals surface area contributed by atoms with E-state index < -0.39 is 18.2 Å². The third-order valence-electron chi connectivity index (χ3n) is 19.5. The highest BCUT2D eigenvalue weighted by Gasteiger charge is 2.43. The van der Waals surface area contributed by atoms with E-state index in [9.17, 15) is 45.0 Å². The molecule has 0 saturated carbocycles. The number of ether oxygens (including phenoxy) is 6. The molecule has 18 heteroatoms. The molecule has 0 radical (unpaired) electrons. The van der Waals surface area contributed by atoms with Crippen molar-refractivity contribution >= 4 is 82.5 Å². The summed E-state index contributed by atoms with van der Waals surface area (Å²) < 4.78 is 33.3. The van der Waals surface area contributed by atoms with E-state index in [2.05, 4.69) is 14.7 Å². The van der Waals surface area contributed by atoms with Gasteiger partial charge >= 0.3 is 17.9 Å². The number of phenolic OH excluding ortho intramolecular Hbond substituents is 1. The molecule has 90 heavy (non-hydrogen) atoms. The molecule has 0 spiro atoms. The summed E-state index contributed by atoms with van der Waals surface area (Å²) in [5, 5.41) is 73.6. The number of carbonyl (C=O) groups is 3. The highest BCUT2D eigenvalue weighted by Crippen LogP contribution is 2.51. The summed E-state index contributed by atoms with van der Waals surface area (Å²) in [7, 11) is 4.79. The molecule has 0 amide bonds. The number of aromatic hydroxyl groups is 1. The topological polar surface area (TPSA) is 238 Å². The van der Waals surface area contributed by atoms with E-state index in [1.807, 2.05) is 66.7 Å². The first kappa shape index (κ1) is 60.7. The molecular weight excluding hydrogens is 1150 g/mol. The lowest BCUT2D eigenvalue weighted by molar-refractivity contribution is -0.150. The Morgan fingerprint density at radius 2 is 0.789 bits per heavy atom. The van der Waals surface area contributed by atoms with Crippen LogP contribution in [0.5, 0.6) is 34.5 Å². The number of aliphatic hydroxyl groups excluding tert-OH is 5. The summed E-state index contributed by atoms with van der Waals surface area (Å²) in [5.41, 5.74) is 8.34. The van der Waals surface area contributed by atoms with Gasteiger partial charge in [-0.05, 0) is 223 Å². The second-order valence-electron chi connectivity index (χ2n) is 24.6. The predicted octanol–water partition coefficient (Wildman–Crippen LogP) is 10.6. The molecule has 6 N–H and O–H groups in total. The standard InChI is InChI=1S/C26H27NO6.C24H25NO5.C22H23NO4/c1-14(29)32-17-6-7-18-20(10-17)19-9-16(13-28)24(31-3)11-21(19)22-12-27-8-4-5-23(27)26(25(18)22)33-15(2)30;1-13(27)30-15-5-6-16-18(9-15)17-8-14(12-26)22(29-2)10-19(17)20-11-25-7-3-4-21(25)24(28)23(16)20;1-27-20-9-17-15(7-12(20)11-24)16-8-13(25)4-5-14(16)21-18(17)10-23-6-2-3-19(23)22(21)26/h6-7,9-11,23,26,28H,4-5,8,12-13H2,1-3H3;5-6,8-10,21,24,26,28H,3-4,7,11-12H2,1-2H3;4-5,7-9,19,22,24-26H,2-3,6,10-11H2,1H3/t23-,26+;21-,24+;19-,22+/m000/s1. The molecule has 468 valence electrons. The number of nitrogens with zero attached hydrogens (tertiary/aromatic N) is 3. The van der Waals surface area contributed by atoms with Gasteiger partial charge in [-0.3, -0.25) is 29.1 Å². The molecule has 3 fully saturated rings. The van der Waals surface area contributed by atoms with Crippen LogP contribution in [0.15, 0.2) is 91.0 Å². The fourth-order valence-corrected chi connectivity index (χ4v) is 15.8. The lowest BCUT2D eigenvalue weighted by Gasteiger charge is -2.39. The van der Waals surface area contributed by atoms with E-state index in [1.54, 1.807) is 45.6 Å². The number of phenols is 1. The van der Waals surface area contributed by atoms with Crippen LogP contribution >= 0.6 is 0 Å². The minimum absolute atomic E-state index is 0.118. The van der Waals surface area contributed by atoms with Crippen LogP contribution in [0.3, 0.4) is 0 Å². The van der Waals surface area contributed by atoms with Crippen LogP contribution in [0.25, 0.3) is 64.6 Å². The van der Waals surface area contributed by atoms with Gasteiger partial charge in [-0.2, -0.15) is 0 Å². The SMILES string of the molecule is COc1cc2c3c(c4ccc(O)cc4c2cc1CO)[C@H](O)[C@@H]1CCCN1C3.COc1cc2c3c(c4ccc(OC(C)=O)cc4c2cc1CO)[C@H](O)[C@@H]1CCCN1C3.COc1cc2c3c(c4ccc(OC(C)=O)cc4c2cc1CO)[C@H](OC(C)=O)[C@@H]1CCCN1C3. The second-order valence-corrected chi connectivity index (χ2v) is 24.6. The van der Waals surface area contributed by atoms with Crippen molar-refractivity contribution in [1.29, 1.82) is 0 Å². The molecule has 6 heterocycles. The lowest BCUT2D eigenvalue weighted by Crippen LogP contribution is -2.40. The van der Waals surface area contributed by atoms with Gasteiger partial charge in [0.2, 0.25) is 0 Å². The lowest BCUT2D eigenvalue weighted by atomic mass is 9.83. The van der Waals surface area contributed by atoms with Crippen LogP contribution in [0, 0.1) is 0 Å².